The van der Waals surface area contributed by atoms with Crippen molar-refractivity contribution < 1.29 is 4.74 Å². The minimum atomic E-state index is -0.0620. The third kappa shape index (κ3) is 4.63. The van der Waals surface area contributed by atoms with E-state index in [1.165, 1.54) is 6.42 Å². The molecule has 0 aliphatic carbocycles. The zero-order chi connectivity index (χ0) is 20.1. The summed E-state index contributed by atoms with van der Waals surface area (Å²) < 4.78 is 7.00. The van der Waals surface area contributed by atoms with Crippen LogP contribution in [0, 0.1) is 11.3 Å². The second-order valence-electron chi connectivity index (χ2n) is 7.56. The summed E-state index contributed by atoms with van der Waals surface area (Å²) in [6.45, 7) is 4.24. The van der Waals surface area contributed by atoms with Gasteiger partial charge < -0.3 is 10.1 Å². The number of likely N-dealkylation sites (tertiary alicyclic amines) is 1. The first-order chi connectivity index (χ1) is 14.2. The van der Waals surface area contributed by atoms with Crippen LogP contribution in [0.1, 0.15) is 36.1 Å². The summed E-state index contributed by atoms with van der Waals surface area (Å²) in [5.74, 6) is 0.635. The molecule has 2 aliphatic rings. The molecule has 8 nitrogen and oxygen atoms in total. The van der Waals surface area contributed by atoms with Crippen LogP contribution in [0.2, 0.25) is 0 Å². The predicted molar refractivity (Wildman–Crippen MR) is 109 cm³/mol. The molecule has 0 saturated carbocycles. The van der Waals surface area contributed by atoms with Crippen molar-refractivity contribution in [3.63, 3.8) is 0 Å². The summed E-state index contributed by atoms with van der Waals surface area (Å²) in [7, 11) is 0. The fraction of sp³-hybridized carbons (Fsp3) is 0.524. The van der Waals surface area contributed by atoms with Crippen LogP contribution >= 0.6 is 0 Å². The molecule has 1 saturated heterocycles. The largest absolute Gasteiger partial charge is 0.376 e. The molecular formula is C21H26N6O2. The van der Waals surface area contributed by atoms with E-state index in [0.717, 1.165) is 50.2 Å². The highest BCUT2D eigenvalue weighted by atomic mass is 16.5. The summed E-state index contributed by atoms with van der Waals surface area (Å²) in [4.78, 5) is 19.1. The average molecular weight is 394 g/mol. The molecule has 0 radical (unpaired) electrons. The van der Waals surface area contributed by atoms with Crippen molar-refractivity contribution in [2.45, 2.75) is 44.9 Å². The maximum absolute atomic E-state index is 12.4. The van der Waals surface area contributed by atoms with E-state index in [4.69, 9.17) is 4.74 Å². The third-order valence-electron chi connectivity index (χ3n) is 5.69. The van der Waals surface area contributed by atoms with Crippen LogP contribution in [0.25, 0.3) is 0 Å². The quantitative estimate of drug-likeness (QED) is 0.794. The number of fused-ring (bicyclic) bond motifs is 1. The molecule has 1 N–H and O–H groups in total. The molecule has 1 atom stereocenters. The standard InChI is InChI=1S/C21H26N6O2/c22-13-16-4-3-7-23-21(16)24-14-18-5-1-2-8-26(18)9-10-27-20(28)12-17-15-29-11-6-19(17)25-27/h3-4,7,12,18H,1-2,5-6,8-11,14-15H2,(H,23,24). The van der Waals surface area contributed by atoms with Crippen molar-refractivity contribution in [3.8, 4) is 6.07 Å². The predicted octanol–water partition coefficient (Wildman–Crippen LogP) is 1.55. The minimum absolute atomic E-state index is 0.0620. The number of pyridine rings is 1. The molecule has 2 aromatic rings. The number of hydrogen-bond acceptors (Lipinski definition) is 7. The number of ether oxygens (including phenoxy) is 1. The van der Waals surface area contributed by atoms with E-state index in [9.17, 15) is 10.1 Å². The lowest BCUT2D eigenvalue weighted by Gasteiger charge is -2.36. The summed E-state index contributed by atoms with van der Waals surface area (Å²) in [6.07, 6.45) is 5.89. The van der Waals surface area contributed by atoms with Gasteiger partial charge in [0.25, 0.3) is 5.56 Å². The van der Waals surface area contributed by atoms with E-state index >= 15 is 0 Å². The van der Waals surface area contributed by atoms with Crippen molar-refractivity contribution in [2.24, 2.45) is 0 Å². The lowest BCUT2D eigenvalue weighted by atomic mass is 10.0. The minimum Gasteiger partial charge on any atom is -0.376 e. The van der Waals surface area contributed by atoms with Gasteiger partial charge in [0.1, 0.15) is 11.9 Å². The lowest BCUT2D eigenvalue weighted by molar-refractivity contribution is 0.107. The topological polar surface area (TPSA) is 96.1 Å². The van der Waals surface area contributed by atoms with Gasteiger partial charge >= 0.3 is 0 Å². The molecule has 2 aromatic heterocycles. The van der Waals surface area contributed by atoms with E-state index in [-0.39, 0.29) is 5.56 Å². The number of anilines is 1. The van der Waals surface area contributed by atoms with E-state index < -0.39 is 0 Å². The number of hydrogen-bond donors (Lipinski definition) is 1. The highest BCUT2D eigenvalue weighted by Gasteiger charge is 2.23. The molecule has 0 aromatic carbocycles. The molecule has 4 heterocycles. The Morgan fingerprint density at radius 2 is 2.28 bits per heavy atom. The van der Waals surface area contributed by atoms with Crippen molar-refractivity contribution in [1.82, 2.24) is 19.7 Å². The number of piperidine rings is 1. The van der Waals surface area contributed by atoms with Gasteiger partial charge in [-0.1, -0.05) is 6.42 Å². The van der Waals surface area contributed by atoms with Crippen LogP contribution in [0.3, 0.4) is 0 Å². The SMILES string of the molecule is N#Cc1cccnc1NCC1CCCCN1CCn1nc2c(cc1=O)COCC2. The average Bonchev–Trinajstić information content (AvgIpc) is 2.77. The number of aromatic nitrogens is 3. The summed E-state index contributed by atoms with van der Waals surface area (Å²) in [5.41, 5.74) is 2.39. The molecule has 8 heteroatoms. The van der Waals surface area contributed by atoms with Gasteiger partial charge in [-0.15, -0.1) is 0 Å². The second-order valence-corrected chi connectivity index (χ2v) is 7.56. The third-order valence-corrected chi connectivity index (χ3v) is 5.69. The summed E-state index contributed by atoms with van der Waals surface area (Å²) in [5, 5.41) is 17.2. The maximum Gasteiger partial charge on any atom is 0.267 e. The summed E-state index contributed by atoms with van der Waals surface area (Å²) >= 11 is 0. The molecule has 0 amide bonds. The molecule has 1 unspecified atom stereocenters. The zero-order valence-electron chi connectivity index (χ0n) is 16.5. The van der Waals surface area contributed by atoms with Crippen LogP contribution in [0.5, 0.6) is 0 Å². The van der Waals surface area contributed by atoms with E-state index in [1.54, 1.807) is 29.1 Å². The van der Waals surface area contributed by atoms with Gasteiger partial charge in [-0.3, -0.25) is 9.69 Å². The van der Waals surface area contributed by atoms with Gasteiger partial charge in [0.05, 0.1) is 31.0 Å². The van der Waals surface area contributed by atoms with Gasteiger partial charge in [-0.05, 0) is 31.5 Å². The smallest absolute Gasteiger partial charge is 0.267 e. The van der Waals surface area contributed by atoms with Crippen molar-refractivity contribution in [3.05, 3.63) is 51.6 Å². The molecule has 2 aliphatic heterocycles. The Hall–Kier alpha value is -2.76. The fourth-order valence-electron chi connectivity index (χ4n) is 4.07. The first kappa shape index (κ1) is 19.6. The first-order valence-electron chi connectivity index (χ1n) is 10.3. The van der Waals surface area contributed by atoms with Crippen LogP contribution in [0.4, 0.5) is 5.82 Å². The molecule has 0 bridgehead atoms. The van der Waals surface area contributed by atoms with Crippen molar-refractivity contribution in [2.75, 3.05) is 31.6 Å². The molecule has 29 heavy (non-hydrogen) atoms. The van der Waals surface area contributed by atoms with E-state index in [2.05, 4.69) is 26.4 Å². The lowest BCUT2D eigenvalue weighted by Crippen LogP contribution is -2.46. The fourth-order valence-corrected chi connectivity index (χ4v) is 4.07. The van der Waals surface area contributed by atoms with Gasteiger partial charge in [0.15, 0.2) is 0 Å². The zero-order valence-corrected chi connectivity index (χ0v) is 16.5. The molecule has 4 rings (SSSR count). The Bertz CT molecular complexity index is 951. The number of nitrogens with zero attached hydrogens (tertiary/aromatic N) is 5. The molecule has 1 fully saturated rings. The Balaban J connectivity index is 1.39. The molecule has 0 spiro atoms. The second kappa shape index (κ2) is 9.16. The van der Waals surface area contributed by atoms with E-state index in [0.29, 0.717) is 37.2 Å². The molecule has 152 valence electrons. The number of nitrogens with one attached hydrogen (secondary N) is 1. The van der Waals surface area contributed by atoms with Gasteiger partial charge in [0, 0.05) is 43.4 Å². The Kier molecular flexibility index (Phi) is 6.17. The number of rotatable bonds is 6. The normalized spacial score (nSPS) is 19.3. The van der Waals surface area contributed by atoms with Gasteiger partial charge in [-0.2, -0.15) is 10.4 Å². The highest BCUT2D eigenvalue weighted by Crippen LogP contribution is 2.19. The number of nitriles is 1. The van der Waals surface area contributed by atoms with Crippen molar-refractivity contribution in [1.29, 1.82) is 5.26 Å². The van der Waals surface area contributed by atoms with Crippen LogP contribution in [-0.4, -0.2) is 51.9 Å². The first-order valence-corrected chi connectivity index (χ1v) is 10.3. The summed E-state index contributed by atoms with van der Waals surface area (Å²) in [6, 6.07) is 7.73. The van der Waals surface area contributed by atoms with Crippen LogP contribution in [-0.2, 0) is 24.3 Å². The van der Waals surface area contributed by atoms with Crippen LogP contribution < -0.4 is 10.9 Å². The Morgan fingerprint density at radius 3 is 3.17 bits per heavy atom. The molecular weight excluding hydrogens is 368 g/mol. The monoisotopic (exact) mass is 394 g/mol. The Morgan fingerprint density at radius 1 is 1.34 bits per heavy atom. The van der Waals surface area contributed by atoms with Crippen LogP contribution in [0.15, 0.2) is 29.2 Å². The van der Waals surface area contributed by atoms with Gasteiger partial charge in [-0.25, -0.2) is 9.67 Å². The maximum atomic E-state index is 12.4. The van der Waals surface area contributed by atoms with E-state index in [1.807, 2.05) is 0 Å². The Labute approximate surface area is 170 Å². The highest BCUT2D eigenvalue weighted by molar-refractivity contribution is 5.51. The van der Waals surface area contributed by atoms with Gasteiger partial charge in [0.2, 0.25) is 0 Å². The van der Waals surface area contributed by atoms with Crippen molar-refractivity contribution >= 4 is 5.82 Å².